The van der Waals surface area contributed by atoms with Crippen LogP contribution in [0.4, 0.5) is 0 Å². The molecule has 0 radical (unpaired) electrons. The normalized spacial score (nSPS) is 21.6. The third kappa shape index (κ3) is 3.74. The maximum atomic E-state index is 12.8. The molecule has 25 heavy (non-hydrogen) atoms. The lowest BCUT2D eigenvalue weighted by molar-refractivity contribution is 0.428. The molecule has 3 rings (SSSR count). The highest BCUT2D eigenvalue weighted by Gasteiger charge is 2.36. The van der Waals surface area contributed by atoms with Crippen LogP contribution in [0.2, 0.25) is 5.02 Å². The van der Waals surface area contributed by atoms with Gasteiger partial charge in [0.05, 0.1) is 15.9 Å². The molecule has 2 aromatic carbocycles. The first-order valence-corrected chi connectivity index (χ1v) is 11.4. The van der Waals surface area contributed by atoms with Crippen LogP contribution in [0.5, 0.6) is 0 Å². The van der Waals surface area contributed by atoms with Crippen molar-refractivity contribution >= 4 is 31.5 Å². The summed E-state index contributed by atoms with van der Waals surface area (Å²) in [5.74, 6) is -0.227. The predicted molar refractivity (Wildman–Crippen MR) is 97.8 cm³/mol. The van der Waals surface area contributed by atoms with Gasteiger partial charge in [0.2, 0.25) is 10.0 Å². The quantitative estimate of drug-likeness (QED) is 0.795. The molecule has 0 aromatic heterocycles. The minimum Gasteiger partial charge on any atom is -0.228 e. The van der Waals surface area contributed by atoms with Crippen molar-refractivity contribution in [3.63, 3.8) is 0 Å². The molecule has 1 heterocycles. The second-order valence-corrected chi connectivity index (χ2v) is 10.5. The molecule has 1 atom stereocenters. The van der Waals surface area contributed by atoms with Gasteiger partial charge in [0.1, 0.15) is 0 Å². The molecular weight excluding hydrogens is 382 g/mol. The molecule has 0 saturated carbocycles. The summed E-state index contributed by atoms with van der Waals surface area (Å²) in [5.41, 5.74) is 0.531. The van der Waals surface area contributed by atoms with E-state index in [9.17, 15) is 16.8 Å². The van der Waals surface area contributed by atoms with Crippen molar-refractivity contribution in [2.45, 2.75) is 16.6 Å². The van der Waals surface area contributed by atoms with Gasteiger partial charge in [-0.3, -0.25) is 0 Å². The Bertz CT molecular complexity index is 959. The van der Waals surface area contributed by atoms with E-state index in [1.165, 1.54) is 16.4 Å². The summed E-state index contributed by atoms with van der Waals surface area (Å²) >= 11 is 6.16. The SMILES string of the molecule is O=S1(=O)CCN(S(=O)(=O)c2ccccc2)CCC1c1ccccc1Cl. The van der Waals surface area contributed by atoms with Crippen LogP contribution in [0.1, 0.15) is 17.2 Å². The molecular formula is C17H18ClNO4S2. The fourth-order valence-electron chi connectivity index (χ4n) is 2.99. The molecule has 1 saturated heterocycles. The first-order valence-electron chi connectivity index (χ1n) is 7.83. The summed E-state index contributed by atoms with van der Waals surface area (Å²) in [5, 5.41) is -0.410. The fourth-order valence-corrected chi connectivity index (χ4v) is 6.73. The van der Waals surface area contributed by atoms with E-state index < -0.39 is 25.1 Å². The van der Waals surface area contributed by atoms with E-state index in [2.05, 4.69) is 0 Å². The van der Waals surface area contributed by atoms with Crippen LogP contribution in [-0.4, -0.2) is 40.0 Å². The third-order valence-corrected chi connectivity index (χ3v) is 8.70. The van der Waals surface area contributed by atoms with E-state index in [0.717, 1.165) is 0 Å². The van der Waals surface area contributed by atoms with Gasteiger partial charge in [-0.2, -0.15) is 4.31 Å². The van der Waals surface area contributed by atoms with Crippen LogP contribution in [-0.2, 0) is 19.9 Å². The van der Waals surface area contributed by atoms with Crippen molar-refractivity contribution < 1.29 is 16.8 Å². The van der Waals surface area contributed by atoms with E-state index in [1.807, 2.05) is 0 Å². The molecule has 0 bridgehead atoms. The summed E-state index contributed by atoms with van der Waals surface area (Å²) in [6.07, 6.45) is 0.179. The predicted octanol–water partition coefficient (Wildman–Crippen LogP) is 2.89. The zero-order chi connectivity index (χ0) is 18.1. The summed E-state index contributed by atoms with van der Waals surface area (Å²) in [6, 6.07) is 14.9. The fraction of sp³-hybridized carbons (Fsp3) is 0.294. The number of sulfone groups is 1. The molecule has 0 amide bonds. The second-order valence-electron chi connectivity index (χ2n) is 5.88. The number of halogens is 1. The molecule has 2 aromatic rings. The van der Waals surface area contributed by atoms with Crippen LogP contribution >= 0.6 is 11.6 Å². The average Bonchev–Trinajstić information content (AvgIpc) is 2.75. The maximum absolute atomic E-state index is 12.8. The van der Waals surface area contributed by atoms with Crippen molar-refractivity contribution in [3.8, 4) is 0 Å². The van der Waals surface area contributed by atoms with E-state index in [4.69, 9.17) is 11.6 Å². The van der Waals surface area contributed by atoms with E-state index in [0.29, 0.717) is 10.6 Å². The van der Waals surface area contributed by atoms with E-state index in [-0.39, 0.29) is 30.2 Å². The van der Waals surface area contributed by atoms with Gasteiger partial charge in [-0.05, 0) is 30.2 Å². The molecule has 0 spiro atoms. The lowest BCUT2D eigenvalue weighted by atomic mass is 10.1. The monoisotopic (exact) mass is 399 g/mol. The largest absolute Gasteiger partial charge is 0.243 e. The second kappa shape index (κ2) is 7.07. The van der Waals surface area contributed by atoms with Crippen LogP contribution in [0.25, 0.3) is 0 Å². The van der Waals surface area contributed by atoms with Crippen LogP contribution < -0.4 is 0 Å². The standard InChI is InChI=1S/C17H18ClNO4S2/c18-16-9-5-4-8-15(16)17-10-11-19(12-13-24(17,20)21)25(22,23)14-6-2-1-3-7-14/h1-9,17H,10-13H2. The highest BCUT2D eigenvalue weighted by atomic mass is 35.5. The molecule has 1 unspecified atom stereocenters. The Morgan fingerprint density at radius 3 is 2.28 bits per heavy atom. The number of rotatable bonds is 3. The number of benzene rings is 2. The van der Waals surface area contributed by atoms with Crippen LogP contribution in [0.3, 0.4) is 0 Å². The minimum atomic E-state index is -3.72. The Morgan fingerprint density at radius 2 is 1.60 bits per heavy atom. The molecule has 5 nitrogen and oxygen atoms in total. The highest BCUT2D eigenvalue weighted by molar-refractivity contribution is 7.92. The van der Waals surface area contributed by atoms with E-state index in [1.54, 1.807) is 42.5 Å². The van der Waals surface area contributed by atoms with Gasteiger partial charge in [0.15, 0.2) is 9.84 Å². The van der Waals surface area contributed by atoms with Crippen molar-refractivity contribution in [2.24, 2.45) is 0 Å². The number of hydrogen-bond acceptors (Lipinski definition) is 4. The lowest BCUT2D eigenvalue weighted by Crippen LogP contribution is -2.33. The van der Waals surface area contributed by atoms with Gasteiger partial charge in [-0.25, -0.2) is 16.8 Å². The maximum Gasteiger partial charge on any atom is 0.243 e. The molecule has 1 aliphatic heterocycles. The molecule has 1 fully saturated rings. The van der Waals surface area contributed by atoms with Crippen LogP contribution in [0, 0.1) is 0 Å². The molecule has 0 N–H and O–H groups in total. The molecule has 134 valence electrons. The lowest BCUT2D eigenvalue weighted by Gasteiger charge is -2.19. The summed E-state index contributed by atoms with van der Waals surface area (Å²) in [4.78, 5) is 0.170. The smallest absolute Gasteiger partial charge is 0.228 e. The number of sulfonamides is 1. The summed E-state index contributed by atoms with van der Waals surface area (Å²) < 4.78 is 52.1. The first kappa shape index (κ1) is 18.4. The van der Waals surface area contributed by atoms with E-state index >= 15 is 0 Å². The first-order chi connectivity index (χ1) is 11.8. The Labute approximate surface area is 153 Å². The zero-order valence-corrected chi connectivity index (χ0v) is 15.8. The van der Waals surface area contributed by atoms with Gasteiger partial charge in [-0.15, -0.1) is 0 Å². The third-order valence-electron chi connectivity index (χ3n) is 4.33. The topological polar surface area (TPSA) is 71.5 Å². The Hall–Kier alpha value is -1.41. The van der Waals surface area contributed by atoms with Crippen molar-refractivity contribution in [3.05, 3.63) is 65.2 Å². The number of nitrogens with zero attached hydrogens (tertiary/aromatic N) is 1. The van der Waals surface area contributed by atoms with Crippen molar-refractivity contribution in [2.75, 3.05) is 18.8 Å². The number of hydrogen-bond donors (Lipinski definition) is 0. The van der Waals surface area contributed by atoms with Crippen molar-refractivity contribution in [1.29, 1.82) is 0 Å². The Kier molecular flexibility index (Phi) is 5.20. The van der Waals surface area contributed by atoms with Gasteiger partial charge < -0.3 is 0 Å². The molecule has 1 aliphatic rings. The average molecular weight is 400 g/mol. The van der Waals surface area contributed by atoms with Crippen molar-refractivity contribution in [1.82, 2.24) is 4.31 Å². The highest BCUT2D eigenvalue weighted by Crippen LogP contribution is 2.34. The Morgan fingerprint density at radius 1 is 0.960 bits per heavy atom. The summed E-state index contributed by atoms with van der Waals surface area (Å²) in [6.45, 7) is 0.0763. The summed E-state index contributed by atoms with van der Waals surface area (Å²) in [7, 11) is -7.22. The minimum absolute atomic E-state index is 0.0550. The van der Waals surface area contributed by atoms with Gasteiger partial charge in [0.25, 0.3) is 0 Å². The zero-order valence-electron chi connectivity index (χ0n) is 13.4. The Balaban J connectivity index is 1.92. The molecule has 8 heteroatoms. The van der Waals surface area contributed by atoms with Gasteiger partial charge in [0, 0.05) is 18.1 Å². The van der Waals surface area contributed by atoms with Gasteiger partial charge >= 0.3 is 0 Å². The van der Waals surface area contributed by atoms with Gasteiger partial charge in [-0.1, -0.05) is 48.0 Å². The molecule has 0 aliphatic carbocycles. The van der Waals surface area contributed by atoms with Crippen LogP contribution in [0.15, 0.2) is 59.5 Å².